The summed E-state index contributed by atoms with van der Waals surface area (Å²) in [5.41, 5.74) is 14.1. The van der Waals surface area contributed by atoms with Crippen molar-refractivity contribution in [3.05, 3.63) is 243 Å². The molecule has 62 heavy (non-hydrogen) atoms. The van der Waals surface area contributed by atoms with Gasteiger partial charge in [0.25, 0.3) is 0 Å². The van der Waals surface area contributed by atoms with Crippen LogP contribution in [0.4, 0.5) is 17.1 Å². The maximum Gasteiger partial charge on any atom is 0.0541 e. The van der Waals surface area contributed by atoms with Crippen LogP contribution in [0.25, 0.3) is 93.2 Å². The molecular formula is C60H40N2. The van der Waals surface area contributed by atoms with E-state index in [-0.39, 0.29) is 0 Å². The second kappa shape index (κ2) is 14.8. The molecule has 0 aliphatic carbocycles. The summed E-state index contributed by atoms with van der Waals surface area (Å²) in [5.74, 6) is 0. The summed E-state index contributed by atoms with van der Waals surface area (Å²) in [4.78, 5) is 2.36. The Morgan fingerprint density at radius 2 is 0.645 bits per heavy atom. The van der Waals surface area contributed by atoms with E-state index in [1.807, 2.05) is 0 Å². The zero-order chi connectivity index (χ0) is 41.0. The number of hydrogen-bond acceptors (Lipinski definition) is 1. The van der Waals surface area contributed by atoms with Gasteiger partial charge in [0.1, 0.15) is 0 Å². The lowest BCUT2D eigenvalue weighted by Crippen LogP contribution is -2.09. The van der Waals surface area contributed by atoms with E-state index >= 15 is 0 Å². The van der Waals surface area contributed by atoms with Crippen LogP contribution < -0.4 is 4.90 Å². The first kappa shape index (κ1) is 35.7. The molecule has 2 heteroatoms. The third kappa shape index (κ3) is 6.20. The van der Waals surface area contributed by atoms with Crippen LogP contribution in [0, 0.1) is 0 Å². The molecule has 0 saturated carbocycles. The smallest absolute Gasteiger partial charge is 0.0541 e. The quantitative estimate of drug-likeness (QED) is 0.156. The van der Waals surface area contributed by atoms with Crippen molar-refractivity contribution in [2.45, 2.75) is 0 Å². The van der Waals surface area contributed by atoms with Gasteiger partial charge in [-0.15, -0.1) is 0 Å². The molecule has 290 valence electrons. The van der Waals surface area contributed by atoms with Crippen molar-refractivity contribution in [2.24, 2.45) is 0 Å². The van der Waals surface area contributed by atoms with Gasteiger partial charge >= 0.3 is 0 Å². The Bertz CT molecular complexity index is 3490. The Hall–Kier alpha value is -8.20. The first-order valence-corrected chi connectivity index (χ1v) is 21.3. The van der Waals surface area contributed by atoms with Gasteiger partial charge < -0.3 is 9.47 Å². The normalized spacial score (nSPS) is 11.5. The fourth-order valence-electron chi connectivity index (χ4n) is 9.41. The summed E-state index contributed by atoms with van der Waals surface area (Å²) >= 11 is 0. The minimum absolute atomic E-state index is 1.10. The van der Waals surface area contributed by atoms with E-state index < -0.39 is 0 Å². The minimum atomic E-state index is 1.10. The molecule has 0 bridgehead atoms. The zero-order valence-electron chi connectivity index (χ0n) is 34.0. The molecule has 12 rings (SSSR count). The summed E-state index contributed by atoms with van der Waals surface area (Å²) in [6.07, 6.45) is 0. The molecule has 0 aliphatic rings. The number of benzene rings is 11. The van der Waals surface area contributed by atoms with Crippen molar-refractivity contribution in [2.75, 3.05) is 4.90 Å². The van der Waals surface area contributed by atoms with Crippen LogP contribution in [0.5, 0.6) is 0 Å². The van der Waals surface area contributed by atoms with Gasteiger partial charge in [-0.3, -0.25) is 0 Å². The van der Waals surface area contributed by atoms with E-state index in [9.17, 15) is 0 Å². The molecular weight excluding hydrogens is 749 g/mol. The topological polar surface area (TPSA) is 8.17 Å². The maximum absolute atomic E-state index is 2.42. The molecule has 0 amide bonds. The molecule has 1 heterocycles. The molecule has 0 saturated heterocycles. The lowest BCUT2D eigenvalue weighted by Gasteiger charge is -2.26. The van der Waals surface area contributed by atoms with Gasteiger partial charge in [0.15, 0.2) is 0 Å². The molecule has 0 aliphatic heterocycles. The van der Waals surface area contributed by atoms with E-state index in [0.717, 1.165) is 17.1 Å². The Morgan fingerprint density at radius 1 is 0.242 bits per heavy atom. The minimum Gasteiger partial charge on any atom is -0.311 e. The highest BCUT2D eigenvalue weighted by Gasteiger charge is 2.17. The Morgan fingerprint density at radius 3 is 1.21 bits per heavy atom. The number of hydrogen-bond donors (Lipinski definition) is 0. The number of anilines is 3. The second-order valence-electron chi connectivity index (χ2n) is 16.2. The predicted octanol–water partition coefficient (Wildman–Crippen LogP) is 16.7. The molecule has 0 atom stereocenters. The standard InChI is InChI=1S/C60H40N2/c1-3-13-47-38-49(22-20-41(47)10-1)43-24-31-52(32-25-43)61(53-33-26-44(27-34-53)50-23-21-42-11-2-4-14-48(42)39-50)54-35-28-45(29-36-54)51-30-37-60-57(40-51)56-17-7-8-18-59(56)62(60)58-19-9-15-46-12-5-6-16-55(46)58/h1-40H. The SMILES string of the molecule is c1ccc2cc(-c3ccc(N(c4ccc(-c5ccc6ccccc6c5)cc4)c4ccc(-c5ccc6c(c5)c5ccccc5n6-c5cccc6ccccc56)cc4)cc3)ccc2c1. The summed E-state index contributed by atoms with van der Waals surface area (Å²) in [7, 11) is 0. The number of para-hydroxylation sites is 1. The van der Waals surface area contributed by atoms with Gasteiger partial charge in [-0.25, -0.2) is 0 Å². The molecule has 0 N–H and O–H groups in total. The van der Waals surface area contributed by atoms with Gasteiger partial charge in [-0.05, 0) is 133 Å². The van der Waals surface area contributed by atoms with E-state index in [0.29, 0.717) is 0 Å². The summed E-state index contributed by atoms with van der Waals surface area (Å²) in [6, 6.07) is 88.5. The Kier molecular flexibility index (Phi) is 8.53. The van der Waals surface area contributed by atoms with Crippen LogP contribution in [0.15, 0.2) is 243 Å². The molecule has 1 aromatic heterocycles. The van der Waals surface area contributed by atoms with Crippen molar-refractivity contribution < 1.29 is 0 Å². The molecule has 0 unspecified atom stereocenters. The van der Waals surface area contributed by atoms with Gasteiger partial charge in [-0.2, -0.15) is 0 Å². The van der Waals surface area contributed by atoms with E-state index in [1.165, 1.54) is 93.2 Å². The molecule has 0 radical (unpaired) electrons. The molecule has 12 aromatic rings. The number of fused-ring (bicyclic) bond motifs is 6. The summed E-state index contributed by atoms with van der Waals surface area (Å²) in [6.45, 7) is 0. The van der Waals surface area contributed by atoms with Crippen LogP contribution in [0.1, 0.15) is 0 Å². The second-order valence-corrected chi connectivity index (χ2v) is 16.2. The fourth-order valence-corrected chi connectivity index (χ4v) is 9.41. The van der Waals surface area contributed by atoms with Gasteiger partial charge in [-0.1, -0.05) is 170 Å². The van der Waals surface area contributed by atoms with E-state index in [1.54, 1.807) is 0 Å². The Balaban J connectivity index is 0.926. The average Bonchev–Trinajstić information content (AvgIpc) is 3.68. The van der Waals surface area contributed by atoms with Crippen LogP contribution in [-0.2, 0) is 0 Å². The van der Waals surface area contributed by atoms with Crippen LogP contribution in [0.3, 0.4) is 0 Å². The van der Waals surface area contributed by atoms with Crippen molar-refractivity contribution in [1.29, 1.82) is 0 Å². The summed E-state index contributed by atoms with van der Waals surface area (Å²) < 4.78 is 2.42. The first-order chi connectivity index (χ1) is 30.7. The average molecular weight is 789 g/mol. The van der Waals surface area contributed by atoms with Crippen LogP contribution >= 0.6 is 0 Å². The number of rotatable bonds is 7. The van der Waals surface area contributed by atoms with Gasteiger partial charge in [0.2, 0.25) is 0 Å². The monoisotopic (exact) mass is 788 g/mol. The number of nitrogens with zero attached hydrogens (tertiary/aromatic N) is 2. The molecule has 11 aromatic carbocycles. The Labute approximate surface area is 360 Å². The largest absolute Gasteiger partial charge is 0.311 e. The summed E-state index contributed by atoms with van der Waals surface area (Å²) in [5, 5.41) is 9.98. The van der Waals surface area contributed by atoms with Crippen molar-refractivity contribution in [1.82, 2.24) is 4.57 Å². The lowest BCUT2D eigenvalue weighted by atomic mass is 9.99. The van der Waals surface area contributed by atoms with Crippen molar-refractivity contribution in [3.63, 3.8) is 0 Å². The van der Waals surface area contributed by atoms with Crippen molar-refractivity contribution >= 4 is 71.2 Å². The molecule has 0 spiro atoms. The van der Waals surface area contributed by atoms with E-state index in [2.05, 4.69) is 252 Å². The van der Waals surface area contributed by atoms with Crippen LogP contribution in [0.2, 0.25) is 0 Å². The third-order valence-electron chi connectivity index (χ3n) is 12.6. The first-order valence-electron chi connectivity index (χ1n) is 21.3. The maximum atomic E-state index is 2.42. The highest BCUT2D eigenvalue weighted by Crippen LogP contribution is 2.40. The molecule has 2 nitrogen and oxygen atoms in total. The van der Waals surface area contributed by atoms with E-state index in [4.69, 9.17) is 0 Å². The van der Waals surface area contributed by atoms with Crippen molar-refractivity contribution in [3.8, 4) is 39.1 Å². The number of aromatic nitrogens is 1. The highest BCUT2D eigenvalue weighted by atomic mass is 15.1. The fraction of sp³-hybridized carbons (Fsp3) is 0. The molecule has 0 fully saturated rings. The lowest BCUT2D eigenvalue weighted by molar-refractivity contribution is 1.20. The van der Waals surface area contributed by atoms with Gasteiger partial charge in [0, 0.05) is 33.2 Å². The third-order valence-corrected chi connectivity index (χ3v) is 12.6. The van der Waals surface area contributed by atoms with Gasteiger partial charge in [0.05, 0.1) is 16.7 Å². The van der Waals surface area contributed by atoms with Crippen LogP contribution in [-0.4, -0.2) is 4.57 Å². The zero-order valence-corrected chi connectivity index (χ0v) is 34.0. The predicted molar refractivity (Wildman–Crippen MR) is 264 cm³/mol. The highest BCUT2D eigenvalue weighted by molar-refractivity contribution is 6.11.